The van der Waals surface area contributed by atoms with E-state index < -0.39 is 0 Å². The van der Waals surface area contributed by atoms with Gasteiger partial charge in [0.2, 0.25) is 0 Å². The van der Waals surface area contributed by atoms with Gasteiger partial charge in [-0.2, -0.15) is 4.99 Å². The zero-order valence-corrected chi connectivity index (χ0v) is 13.0. The lowest BCUT2D eigenvalue weighted by molar-refractivity contribution is -0.0332. The molecule has 3 rings (SSSR count). The molecule has 116 valence electrons. The second-order valence-electron chi connectivity index (χ2n) is 5.37. The smallest absolute Gasteiger partial charge is 0.280 e. The van der Waals surface area contributed by atoms with E-state index in [1.807, 2.05) is 6.07 Å². The van der Waals surface area contributed by atoms with Crippen LogP contribution in [0.3, 0.4) is 0 Å². The molecule has 2 aliphatic heterocycles. The normalized spacial score (nSPS) is 24.4. The van der Waals surface area contributed by atoms with Crippen molar-refractivity contribution in [2.24, 2.45) is 9.98 Å². The van der Waals surface area contributed by atoms with Crippen LogP contribution >= 0.6 is 11.8 Å². The van der Waals surface area contributed by atoms with Crippen molar-refractivity contribution in [1.29, 1.82) is 0 Å². The molecule has 1 aromatic carbocycles. The Labute approximate surface area is 132 Å². The summed E-state index contributed by atoms with van der Waals surface area (Å²) in [6.45, 7) is 3.97. The third-order valence-electron chi connectivity index (χ3n) is 3.73. The van der Waals surface area contributed by atoms with Crippen molar-refractivity contribution in [2.75, 3.05) is 12.4 Å². The van der Waals surface area contributed by atoms with Crippen LogP contribution in [-0.2, 0) is 4.74 Å². The maximum Gasteiger partial charge on any atom is 0.280 e. The number of amides is 1. The van der Waals surface area contributed by atoms with Gasteiger partial charge in [-0.3, -0.25) is 4.79 Å². The van der Waals surface area contributed by atoms with E-state index in [4.69, 9.17) is 4.74 Å². The predicted octanol–water partition coefficient (Wildman–Crippen LogP) is 0.889. The Kier molecular flexibility index (Phi) is 4.71. The summed E-state index contributed by atoms with van der Waals surface area (Å²) in [5.74, 6) is 0.764. The van der Waals surface area contributed by atoms with Gasteiger partial charge in [0.1, 0.15) is 11.3 Å². The maximum atomic E-state index is 12.0. The van der Waals surface area contributed by atoms with Crippen molar-refractivity contribution in [2.45, 2.75) is 30.8 Å². The Morgan fingerprint density at radius 1 is 1.36 bits per heavy atom. The van der Waals surface area contributed by atoms with Gasteiger partial charge in [-0.1, -0.05) is 18.7 Å². The molecule has 2 aliphatic rings. The Bertz CT molecular complexity index is 717. The number of benzene rings is 1. The molecule has 0 saturated carbocycles. The zero-order chi connectivity index (χ0) is 15.5. The summed E-state index contributed by atoms with van der Waals surface area (Å²) in [5, 5.41) is 10.5. The lowest BCUT2D eigenvalue weighted by atomic mass is 10.1. The van der Waals surface area contributed by atoms with Crippen LogP contribution in [0.25, 0.3) is 6.58 Å². The number of fused-ring (bicyclic) bond motifs is 1. The number of aliphatic hydroxyl groups excluding tert-OH is 1. The van der Waals surface area contributed by atoms with Gasteiger partial charge in [0.05, 0.1) is 29.4 Å². The second-order valence-corrected chi connectivity index (χ2v) is 6.52. The van der Waals surface area contributed by atoms with Crippen molar-refractivity contribution < 1.29 is 14.6 Å². The van der Waals surface area contributed by atoms with Crippen LogP contribution < -0.4 is 10.6 Å². The molecule has 1 amide bonds. The molecule has 5 nitrogen and oxygen atoms in total. The fraction of sp³-hybridized carbons (Fsp3) is 0.438. The number of hydrogen-bond donors (Lipinski definition) is 1. The topological polar surface area (TPSA) is 71.2 Å². The third kappa shape index (κ3) is 3.29. The van der Waals surface area contributed by atoms with Gasteiger partial charge >= 0.3 is 0 Å². The summed E-state index contributed by atoms with van der Waals surface area (Å²) >= 11 is 1.58. The average Bonchev–Trinajstić information content (AvgIpc) is 2.54. The molecule has 22 heavy (non-hydrogen) atoms. The van der Waals surface area contributed by atoms with Crippen LogP contribution in [0.1, 0.15) is 29.6 Å². The molecule has 0 unspecified atom stereocenters. The highest BCUT2D eigenvalue weighted by Crippen LogP contribution is 2.27. The Morgan fingerprint density at radius 3 is 3.05 bits per heavy atom. The summed E-state index contributed by atoms with van der Waals surface area (Å²) in [5.41, 5.74) is 0.533. The van der Waals surface area contributed by atoms with Gasteiger partial charge in [-0.05, 0) is 30.5 Å². The van der Waals surface area contributed by atoms with E-state index in [1.54, 1.807) is 23.9 Å². The number of ether oxygens (including phenoxy) is 1. The summed E-state index contributed by atoms with van der Waals surface area (Å²) in [7, 11) is 0. The molecule has 0 radical (unpaired) electrons. The number of hydrogen-bond acceptors (Lipinski definition) is 5. The van der Waals surface area contributed by atoms with Gasteiger partial charge in [0.15, 0.2) is 0 Å². The monoisotopic (exact) mass is 318 g/mol. The van der Waals surface area contributed by atoms with Crippen LogP contribution in [-0.4, -0.2) is 40.7 Å². The number of aliphatic hydroxyl groups is 1. The van der Waals surface area contributed by atoms with E-state index in [0.29, 0.717) is 22.5 Å². The largest absolute Gasteiger partial charge is 0.394 e. The third-order valence-corrected chi connectivity index (χ3v) is 4.88. The Morgan fingerprint density at radius 2 is 2.23 bits per heavy atom. The molecular formula is C16H18N2O3S. The fourth-order valence-electron chi connectivity index (χ4n) is 2.58. The van der Waals surface area contributed by atoms with Crippen LogP contribution in [0.2, 0.25) is 0 Å². The summed E-state index contributed by atoms with van der Waals surface area (Å²) in [6, 6.07) is 5.34. The van der Waals surface area contributed by atoms with Gasteiger partial charge in [0, 0.05) is 0 Å². The molecular weight excluding hydrogens is 300 g/mol. The molecule has 1 N–H and O–H groups in total. The highest BCUT2D eigenvalue weighted by molar-refractivity contribution is 8.00. The lowest BCUT2D eigenvalue weighted by Gasteiger charge is -2.28. The minimum absolute atomic E-state index is 0.0234. The van der Waals surface area contributed by atoms with E-state index in [9.17, 15) is 9.90 Å². The molecule has 2 atom stereocenters. The number of rotatable bonds is 4. The SMILES string of the molecule is C=c1cccc2c1=NC(CS[C@@H]1CCC[C@H](CO)O1)=NC2=O. The van der Waals surface area contributed by atoms with E-state index in [1.165, 1.54) is 0 Å². The lowest BCUT2D eigenvalue weighted by Crippen LogP contribution is -2.34. The van der Waals surface area contributed by atoms with E-state index in [-0.39, 0.29) is 24.1 Å². The maximum absolute atomic E-state index is 12.0. The number of thioether (sulfide) groups is 1. The number of amidine groups is 1. The van der Waals surface area contributed by atoms with Crippen molar-refractivity contribution in [3.8, 4) is 0 Å². The van der Waals surface area contributed by atoms with Crippen molar-refractivity contribution in [1.82, 2.24) is 0 Å². The number of carbonyl (C=O) groups is 1. The van der Waals surface area contributed by atoms with Gasteiger partial charge in [-0.25, -0.2) is 4.99 Å². The van der Waals surface area contributed by atoms with Gasteiger partial charge in [-0.15, -0.1) is 11.8 Å². The number of nitrogens with zero attached hydrogens (tertiary/aromatic N) is 2. The first-order chi connectivity index (χ1) is 10.7. The summed E-state index contributed by atoms with van der Waals surface area (Å²) in [4.78, 5) is 20.6. The Hall–Kier alpha value is -1.50. The van der Waals surface area contributed by atoms with Crippen LogP contribution in [0, 0.1) is 0 Å². The molecule has 0 aliphatic carbocycles. The molecule has 0 bridgehead atoms. The van der Waals surface area contributed by atoms with Crippen molar-refractivity contribution in [3.05, 3.63) is 34.3 Å². The van der Waals surface area contributed by atoms with E-state index >= 15 is 0 Å². The van der Waals surface area contributed by atoms with Gasteiger partial charge < -0.3 is 9.84 Å². The standard InChI is InChI=1S/C16H18N2O3S/c1-10-4-2-6-12-15(10)17-13(18-16(12)20)9-22-14-7-3-5-11(8-19)21-14/h2,4,6,11,14,19H,1,3,5,7-9H2/t11-,14-/m1/s1. The highest BCUT2D eigenvalue weighted by atomic mass is 32.2. The molecule has 2 heterocycles. The minimum atomic E-state index is -0.260. The molecule has 0 spiro atoms. The van der Waals surface area contributed by atoms with Gasteiger partial charge in [0.25, 0.3) is 5.91 Å². The van der Waals surface area contributed by atoms with Crippen LogP contribution in [0.5, 0.6) is 0 Å². The Balaban J connectivity index is 1.71. The number of carbonyl (C=O) groups excluding carboxylic acids is 1. The van der Waals surface area contributed by atoms with Crippen LogP contribution in [0.4, 0.5) is 0 Å². The van der Waals surface area contributed by atoms with Crippen molar-refractivity contribution in [3.63, 3.8) is 0 Å². The molecule has 1 fully saturated rings. The highest BCUT2D eigenvalue weighted by Gasteiger charge is 2.23. The first kappa shape index (κ1) is 15.4. The molecule has 0 aromatic heterocycles. The first-order valence-corrected chi connectivity index (χ1v) is 8.39. The number of aliphatic imine (C=N–C) groups is 1. The zero-order valence-electron chi connectivity index (χ0n) is 12.2. The van der Waals surface area contributed by atoms with Crippen LogP contribution in [0.15, 0.2) is 28.2 Å². The minimum Gasteiger partial charge on any atom is -0.394 e. The molecule has 1 aromatic rings. The fourth-order valence-corrected chi connectivity index (χ4v) is 3.61. The van der Waals surface area contributed by atoms with E-state index in [2.05, 4.69) is 16.6 Å². The average molecular weight is 318 g/mol. The van der Waals surface area contributed by atoms with E-state index in [0.717, 1.165) is 24.5 Å². The molecule has 1 saturated heterocycles. The predicted molar refractivity (Wildman–Crippen MR) is 86.6 cm³/mol. The first-order valence-electron chi connectivity index (χ1n) is 7.34. The van der Waals surface area contributed by atoms with Crippen molar-refractivity contribution >= 4 is 30.1 Å². The summed E-state index contributed by atoms with van der Waals surface area (Å²) < 4.78 is 5.77. The summed E-state index contributed by atoms with van der Waals surface area (Å²) in [6.07, 6.45) is 2.80. The molecule has 6 heteroatoms. The second kappa shape index (κ2) is 6.73. The quantitative estimate of drug-likeness (QED) is 0.895. The number of para-hydroxylation sites is 1.